The van der Waals surface area contributed by atoms with E-state index in [2.05, 4.69) is 0 Å². The minimum absolute atomic E-state index is 0.119. The fourth-order valence-corrected chi connectivity index (χ4v) is 1.91. The average Bonchev–Trinajstić information content (AvgIpc) is 2.53. The van der Waals surface area contributed by atoms with Crippen LogP contribution < -0.4 is 18.9 Å². The van der Waals surface area contributed by atoms with E-state index in [0.717, 1.165) is 0 Å². The van der Waals surface area contributed by atoms with E-state index in [1.54, 1.807) is 14.2 Å². The number of para-hydroxylation sites is 4. The Morgan fingerprint density at radius 1 is 0.762 bits per heavy atom. The molecule has 0 amide bonds. The molecule has 2 rings (SSSR count). The molecule has 0 aromatic heterocycles. The summed E-state index contributed by atoms with van der Waals surface area (Å²) in [5, 5.41) is 0. The van der Waals surface area contributed by atoms with Crippen LogP contribution in [0.15, 0.2) is 48.5 Å². The van der Waals surface area contributed by atoms with Crippen molar-refractivity contribution in [2.45, 2.75) is 13.0 Å². The Kier molecular flexibility index (Phi) is 5.32. The van der Waals surface area contributed by atoms with Crippen LogP contribution in [0.2, 0.25) is 0 Å². The monoisotopic (exact) mass is 288 g/mol. The highest BCUT2D eigenvalue weighted by atomic mass is 16.6. The van der Waals surface area contributed by atoms with Crippen molar-refractivity contribution in [3.05, 3.63) is 48.5 Å². The first-order chi connectivity index (χ1) is 10.2. The van der Waals surface area contributed by atoms with Crippen LogP contribution in [0.1, 0.15) is 6.92 Å². The van der Waals surface area contributed by atoms with Gasteiger partial charge in [-0.3, -0.25) is 0 Å². The average molecular weight is 288 g/mol. The molecule has 0 N–H and O–H groups in total. The molecule has 4 heteroatoms. The summed E-state index contributed by atoms with van der Waals surface area (Å²) in [6, 6.07) is 15.1. The Labute approximate surface area is 125 Å². The molecule has 4 nitrogen and oxygen atoms in total. The third kappa shape index (κ3) is 4.05. The number of methoxy groups -OCH3 is 2. The maximum atomic E-state index is 5.84. The van der Waals surface area contributed by atoms with Crippen LogP contribution >= 0.6 is 0 Å². The van der Waals surface area contributed by atoms with Gasteiger partial charge in [-0.15, -0.1) is 0 Å². The quantitative estimate of drug-likeness (QED) is 0.780. The largest absolute Gasteiger partial charge is 0.493 e. The fraction of sp³-hybridized carbons (Fsp3) is 0.294. The van der Waals surface area contributed by atoms with Gasteiger partial charge in [0.25, 0.3) is 0 Å². The number of ether oxygens (including phenoxy) is 4. The lowest BCUT2D eigenvalue weighted by molar-refractivity contribution is 0.136. The predicted octanol–water partition coefficient (Wildman–Crippen LogP) is 3.55. The predicted molar refractivity (Wildman–Crippen MR) is 81.6 cm³/mol. The molecule has 112 valence electrons. The lowest BCUT2D eigenvalue weighted by Crippen LogP contribution is -2.21. The molecule has 0 spiro atoms. The van der Waals surface area contributed by atoms with Crippen LogP contribution in [0.3, 0.4) is 0 Å². The van der Waals surface area contributed by atoms with Crippen LogP contribution in [-0.4, -0.2) is 26.9 Å². The molecule has 2 aromatic rings. The summed E-state index contributed by atoms with van der Waals surface area (Å²) in [7, 11) is 3.25. The van der Waals surface area contributed by atoms with Gasteiger partial charge in [0.2, 0.25) is 0 Å². The van der Waals surface area contributed by atoms with E-state index < -0.39 is 0 Å². The molecule has 0 bridgehead atoms. The van der Waals surface area contributed by atoms with E-state index in [9.17, 15) is 0 Å². The summed E-state index contributed by atoms with van der Waals surface area (Å²) in [6.07, 6.45) is -0.119. The number of hydrogen-bond acceptors (Lipinski definition) is 4. The molecule has 1 unspecified atom stereocenters. The molecule has 2 aromatic carbocycles. The molecular weight excluding hydrogens is 268 g/mol. The zero-order valence-electron chi connectivity index (χ0n) is 12.5. The van der Waals surface area contributed by atoms with E-state index in [4.69, 9.17) is 18.9 Å². The van der Waals surface area contributed by atoms with E-state index in [1.807, 2.05) is 55.5 Å². The highest BCUT2D eigenvalue weighted by Gasteiger charge is 2.10. The Bertz CT molecular complexity index is 568. The minimum atomic E-state index is -0.119. The summed E-state index contributed by atoms with van der Waals surface area (Å²) < 4.78 is 22.1. The topological polar surface area (TPSA) is 36.9 Å². The Balaban J connectivity index is 1.94. The van der Waals surface area contributed by atoms with Crippen molar-refractivity contribution in [3.8, 4) is 23.0 Å². The second kappa shape index (κ2) is 7.43. The van der Waals surface area contributed by atoms with Gasteiger partial charge in [0.05, 0.1) is 14.2 Å². The molecule has 21 heavy (non-hydrogen) atoms. The van der Waals surface area contributed by atoms with Crippen LogP contribution in [0.4, 0.5) is 0 Å². The third-order valence-electron chi connectivity index (χ3n) is 2.94. The van der Waals surface area contributed by atoms with Gasteiger partial charge in [-0.1, -0.05) is 24.3 Å². The van der Waals surface area contributed by atoms with Gasteiger partial charge in [-0.25, -0.2) is 0 Å². The summed E-state index contributed by atoms with van der Waals surface area (Å²) in [4.78, 5) is 0. The molecule has 1 atom stereocenters. The first kappa shape index (κ1) is 15.0. The number of benzene rings is 2. The zero-order chi connectivity index (χ0) is 15.1. The maximum absolute atomic E-state index is 5.84. The van der Waals surface area contributed by atoms with Crippen LogP contribution in [-0.2, 0) is 0 Å². The van der Waals surface area contributed by atoms with Gasteiger partial charge in [-0.05, 0) is 31.2 Å². The Hall–Kier alpha value is -2.36. The normalized spacial score (nSPS) is 11.6. The first-order valence-electron chi connectivity index (χ1n) is 6.80. The van der Waals surface area contributed by atoms with Crippen molar-refractivity contribution < 1.29 is 18.9 Å². The smallest absolute Gasteiger partial charge is 0.161 e. The van der Waals surface area contributed by atoms with E-state index >= 15 is 0 Å². The highest BCUT2D eigenvalue weighted by Crippen LogP contribution is 2.28. The third-order valence-corrected chi connectivity index (χ3v) is 2.94. The number of hydrogen-bond donors (Lipinski definition) is 0. The van der Waals surface area contributed by atoms with Gasteiger partial charge in [-0.2, -0.15) is 0 Å². The standard InChI is InChI=1S/C17H20O4/c1-13(21-17-11-7-5-9-15(17)19-3)12-20-16-10-6-4-8-14(16)18-2/h4-11,13H,12H2,1-3H3. The SMILES string of the molecule is COc1ccccc1OCC(C)Oc1ccccc1OC. The van der Waals surface area contributed by atoms with Gasteiger partial charge < -0.3 is 18.9 Å². The van der Waals surface area contributed by atoms with Crippen molar-refractivity contribution in [3.63, 3.8) is 0 Å². The highest BCUT2D eigenvalue weighted by molar-refractivity contribution is 5.40. The van der Waals surface area contributed by atoms with Gasteiger partial charge in [0.1, 0.15) is 12.7 Å². The fourth-order valence-electron chi connectivity index (χ4n) is 1.91. The molecule has 0 saturated heterocycles. The zero-order valence-corrected chi connectivity index (χ0v) is 12.5. The van der Waals surface area contributed by atoms with Crippen LogP contribution in [0.5, 0.6) is 23.0 Å². The second-order valence-corrected chi connectivity index (χ2v) is 4.54. The molecule has 0 aliphatic rings. The van der Waals surface area contributed by atoms with Gasteiger partial charge in [0.15, 0.2) is 23.0 Å². The molecule has 0 radical (unpaired) electrons. The summed E-state index contributed by atoms with van der Waals surface area (Å²) in [5.41, 5.74) is 0. The molecule has 0 saturated carbocycles. The van der Waals surface area contributed by atoms with E-state index in [-0.39, 0.29) is 6.10 Å². The molecule has 0 aliphatic carbocycles. The van der Waals surface area contributed by atoms with Crippen molar-refractivity contribution in [2.24, 2.45) is 0 Å². The van der Waals surface area contributed by atoms with Crippen molar-refractivity contribution in [1.29, 1.82) is 0 Å². The van der Waals surface area contributed by atoms with Crippen LogP contribution in [0.25, 0.3) is 0 Å². The minimum Gasteiger partial charge on any atom is -0.493 e. The lowest BCUT2D eigenvalue weighted by Gasteiger charge is -2.18. The molecular formula is C17H20O4. The molecule has 0 aliphatic heterocycles. The van der Waals surface area contributed by atoms with Gasteiger partial charge >= 0.3 is 0 Å². The first-order valence-corrected chi connectivity index (χ1v) is 6.80. The maximum Gasteiger partial charge on any atom is 0.161 e. The molecule has 0 heterocycles. The summed E-state index contributed by atoms with van der Waals surface area (Å²) in [5.74, 6) is 2.83. The van der Waals surface area contributed by atoms with Crippen molar-refractivity contribution in [2.75, 3.05) is 20.8 Å². The van der Waals surface area contributed by atoms with Crippen molar-refractivity contribution in [1.82, 2.24) is 0 Å². The Morgan fingerprint density at radius 2 is 1.24 bits per heavy atom. The summed E-state index contributed by atoms with van der Waals surface area (Å²) >= 11 is 0. The second-order valence-electron chi connectivity index (χ2n) is 4.54. The van der Waals surface area contributed by atoms with Crippen LogP contribution in [0, 0.1) is 0 Å². The summed E-state index contributed by atoms with van der Waals surface area (Å²) in [6.45, 7) is 2.36. The van der Waals surface area contributed by atoms with Crippen molar-refractivity contribution >= 4 is 0 Å². The lowest BCUT2D eigenvalue weighted by atomic mass is 10.3. The number of rotatable bonds is 7. The molecule has 0 fully saturated rings. The van der Waals surface area contributed by atoms with E-state index in [0.29, 0.717) is 29.6 Å². The Morgan fingerprint density at radius 3 is 1.81 bits per heavy atom. The van der Waals surface area contributed by atoms with E-state index in [1.165, 1.54) is 0 Å². The van der Waals surface area contributed by atoms with Gasteiger partial charge in [0, 0.05) is 0 Å².